The number of pyridine rings is 1. The maximum Gasteiger partial charge on any atom is 0.333 e. The van der Waals surface area contributed by atoms with Gasteiger partial charge < -0.3 is 15.5 Å². The minimum Gasteiger partial charge on any atom is -0.387 e. The van der Waals surface area contributed by atoms with Crippen molar-refractivity contribution >= 4 is 34.4 Å². The topological polar surface area (TPSA) is 120 Å². The van der Waals surface area contributed by atoms with Crippen molar-refractivity contribution in [3.05, 3.63) is 38.9 Å². The molecule has 12 heteroatoms. The highest BCUT2D eigenvalue weighted by Gasteiger charge is 2.44. The Kier molecular flexibility index (Phi) is 6.56. The van der Waals surface area contributed by atoms with Gasteiger partial charge in [-0.25, -0.2) is 14.2 Å². The lowest BCUT2D eigenvalue weighted by Gasteiger charge is -2.31. The van der Waals surface area contributed by atoms with Crippen LogP contribution in [0.3, 0.4) is 0 Å². The Hall–Kier alpha value is -2.73. The fraction of sp³-hybridized carbons (Fsp3) is 0.640. The minimum atomic E-state index is -0.596. The van der Waals surface area contributed by atoms with E-state index in [9.17, 15) is 18.8 Å². The number of thioether (sulfide) groups is 1. The largest absolute Gasteiger partial charge is 0.387 e. The zero-order valence-corrected chi connectivity index (χ0v) is 21.4. The molecule has 2 aromatic heterocycles. The molecule has 0 bridgehead atoms. The highest BCUT2D eigenvalue weighted by atomic mass is 32.2. The number of hydrogen-bond donors (Lipinski definition) is 2. The number of rotatable bonds is 4. The van der Waals surface area contributed by atoms with Crippen LogP contribution in [0.5, 0.6) is 0 Å². The van der Waals surface area contributed by atoms with Crippen LogP contribution in [0, 0.1) is 5.82 Å². The van der Waals surface area contributed by atoms with E-state index in [1.54, 1.807) is 4.57 Å². The third-order valence-corrected chi connectivity index (χ3v) is 9.23. The third kappa shape index (κ3) is 4.58. The van der Waals surface area contributed by atoms with Crippen molar-refractivity contribution < 1.29 is 14.0 Å². The maximum absolute atomic E-state index is 14.1. The Balaban J connectivity index is 1.20. The molecule has 198 valence electrons. The van der Waals surface area contributed by atoms with Gasteiger partial charge in [-0.15, -0.1) is 0 Å². The highest BCUT2D eigenvalue weighted by molar-refractivity contribution is 7.99. The molecule has 0 radical (unpaired) electrons. The number of carbonyl (C=O) groups is 1. The second-order valence-electron chi connectivity index (χ2n) is 10.6. The SMILES string of the molecule is O=C(NC1CCC(n2c(=O)c3cc(F)cnc3n(C3CCSCC3)c2=O)CC1)C1=NOC2(CCNC2)C1. The van der Waals surface area contributed by atoms with Gasteiger partial charge in [-0.3, -0.25) is 18.7 Å². The summed E-state index contributed by atoms with van der Waals surface area (Å²) >= 11 is 1.84. The minimum absolute atomic E-state index is 0.0653. The van der Waals surface area contributed by atoms with Crippen LogP contribution in [0.1, 0.15) is 63.5 Å². The van der Waals surface area contributed by atoms with Gasteiger partial charge in [0, 0.05) is 37.5 Å². The molecule has 10 nitrogen and oxygen atoms in total. The summed E-state index contributed by atoms with van der Waals surface area (Å²) < 4.78 is 17.0. The monoisotopic (exact) mass is 530 g/mol. The number of oxime groups is 1. The standard InChI is InChI=1S/C25H31FN6O4S/c26-15-11-19-21(28-13-15)31(18-5-9-37-10-6-18)24(35)32(23(19)34)17-3-1-16(2-4-17)29-22(33)20-12-25(36-30-20)7-8-27-14-25/h11,13,16-18,27H,1-10,12,14H2,(H,29,33). The molecule has 2 saturated heterocycles. The number of carbonyl (C=O) groups excluding carboxylic acids is 1. The molecule has 1 unspecified atom stereocenters. The first-order chi connectivity index (χ1) is 17.9. The van der Waals surface area contributed by atoms with Gasteiger partial charge in [-0.05, 0) is 62.6 Å². The summed E-state index contributed by atoms with van der Waals surface area (Å²) in [6.45, 7) is 1.54. The molecule has 5 heterocycles. The Morgan fingerprint density at radius 2 is 1.89 bits per heavy atom. The predicted molar refractivity (Wildman–Crippen MR) is 139 cm³/mol. The summed E-state index contributed by atoms with van der Waals surface area (Å²) in [5.74, 6) is 1.05. The molecule has 1 spiro atoms. The van der Waals surface area contributed by atoms with Crippen molar-refractivity contribution in [3.63, 3.8) is 0 Å². The van der Waals surface area contributed by atoms with Crippen LogP contribution in [0.25, 0.3) is 11.0 Å². The molecule has 2 N–H and O–H groups in total. The zero-order chi connectivity index (χ0) is 25.6. The smallest absolute Gasteiger partial charge is 0.333 e. The molecule has 6 rings (SSSR count). The van der Waals surface area contributed by atoms with Gasteiger partial charge in [-0.2, -0.15) is 11.8 Å². The lowest BCUT2D eigenvalue weighted by molar-refractivity contribution is -0.115. The quantitative estimate of drug-likeness (QED) is 0.619. The van der Waals surface area contributed by atoms with Crippen LogP contribution >= 0.6 is 11.8 Å². The molecule has 1 atom stereocenters. The predicted octanol–water partition coefficient (Wildman–Crippen LogP) is 1.87. The first-order valence-corrected chi connectivity index (χ1v) is 14.3. The second kappa shape index (κ2) is 9.86. The van der Waals surface area contributed by atoms with Crippen molar-refractivity contribution in [1.29, 1.82) is 0 Å². The van der Waals surface area contributed by atoms with Crippen molar-refractivity contribution in [3.8, 4) is 0 Å². The van der Waals surface area contributed by atoms with E-state index >= 15 is 0 Å². The van der Waals surface area contributed by atoms with Crippen LogP contribution in [0.2, 0.25) is 0 Å². The van der Waals surface area contributed by atoms with Crippen LogP contribution < -0.4 is 21.9 Å². The van der Waals surface area contributed by atoms with Crippen LogP contribution in [0.4, 0.5) is 4.39 Å². The van der Waals surface area contributed by atoms with Gasteiger partial charge in [0.2, 0.25) is 0 Å². The molecule has 1 aliphatic carbocycles. The highest BCUT2D eigenvalue weighted by Crippen LogP contribution is 2.32. The fourth-order valence-corrected chi connectivity index (χ4v) is 7.22. The van der Waals surface area contributed by atoms with Crippen LogP contribution in [0.15, 0.2) is 27.0 Å². The summed E-state index contributed by atoms with van der Waals surface area (Å²) in [4.78, 5) is 49.7. The van der Waals surface area contributed by atoms with Gasteiger partial charge in [0.25, 0.3) is 11.5 Å². The van der Waals surface area contributed by atoms with Crippen LogP contribution in [-0.4, -0.2) is 62.0 Å². The molecule has 3 fully saturated rings. The first kappa shape index (κ1) is 24.6. The number of amides is 1. The molecule has 1 amide bonds. The second-order valence-corrected chi connectivity index (χ2v) is 11.8. The number of halogens is 1. The van der Waals surface area contributed by atoms with Gasteiger partial charge in [-0.1, -0.05) is 5.16 Å². The first-order valence-electron chi connectivity index (χ1n) is 13.1. The summed E-state index contributed by atoms with van der Waals surface area (Å²) in [7, 11) is 0. The average Bonchev–Trinajstić information content (AvgIpc) is 3.56. The van der Waals surface area contributed by atoms with E-state index in [-0.39, 0.29) is 40.8 Å². The number of fused-ring (bicyclic) bond motifs is 1. The maximum atomic E-state index is 14.1. The molecule has 1 saturated carbocycles. The Morgan fingerprint density at radius 1 is 1.14 bits per heavy atom. The molecule has 4 aliphatic rings. The van der Waals surface area contributed by atoms with Crippen molar-refractivity contribution in [2.45, 2.75) is 75.1 Å². The Bertz CT molecular complexity index is 1350. The summed E-state index contributed by atoms with van der Waals surface area (Å²) in [5.41, 5.74) is -0.574. The fourth-order valence-electron chi connectivity index (χ4n) is 6.14. The van der Waals surface area contributed by atoms with E-state index < -0.39 is 17.0 Å². The molecular formula is C25H31FN6O4S. The van der Waals surface area contributed by atoms with Crippen molar-refractivity contribution in [2.75, 3.05) is 24.6 Å². The number of nitrogens with zero attached hydrogens (tertiary/aromatic N) is 4. The lowest BCUT2D eigenvalue weighted by atomic mass is 9.90. The van der Waals surface area contributed by atoms with Gasteiger partial charge >= 0.3 is 5.69 Å². The number of aromatic nitrogens is 3. The third-order valence-electron chi connectivity index (χ3n) is 8.18. The number of hydrogen-bond acceptors (Lipinski definition) is 8. The van der Waals surface area contributed by atoms with E-state index in [0.717, 1.165) is 43.5 Å². The Morgan fingerprint density at radius 3 is 2.62 bits per heavy atom. The average molecular weight is 531 g/mol. The van der Waals surface area contributed by atoms with Gasteiger partial charge in [0.1, 0.15) is 17.2 Å². The van der Waals surface area contributed by atoms with Crippen LogP contribution in [-0.2, 0) is 9.63 Å². The summed E-state index contributed by atoms with van der Waals surface area (Å²) in [5, 5.41) is 10.5. The van der Waals surface area contributed by atoms with Gasteiger partial charge in [0.05, 0.1) is 11.6 Å². The zero-order valence-electron chi connectivity index (χ0n) is 20.6. The summed E-state index contributed by atoms with van der Waals surface area (Å²) in [6.07, 6.45) is 6.38. The van der Waals surface area contributed by atoms with E-state index in [2.05, 4.69) is 20.8 Å². The molecular weight excluding hydrogens is 499 g/mol. The van der Waals surface area contributed by atoms with E-state index in [0.29, 0.717) is 44.4 Å². The van der Waals surface area contributed by atoms with E-state index in [1.807, 2.05) is 11.8 Å². The number of nitrogens with one attached hydrogen (secondary N) is 2. The van der Waals surface area contributed by atoms with Crippen molar-refractivity contribution in [1.82, 2.24) is 24.8 Å². The molecule has 37 heavy (non-hydrogen) atoms. The van der Waals surface area contributed by atoms with Gasteiger partial charge in [0.15, 0.2) is 5.60 Å². The van der Waals surface area contributed by atoms with Crippen molar-refractivity contribution in [2.24, 2.45) is 5.16 Å². The Labute approximate surface area is 217 Å². The van der Waals surface area contributed by atoms with E-state index in [4.69, 9.17) is 4.84 Å². The normalized spacial score (nSPS) is 28.4. The molecule has 0 aromatic carbocycles. The lowest BCUT2D eigenvalue weighted by Crippen LogP contribution is -2.47. The van der Waals surface area contributed by atoms with E-state index in [1.165, 1.54) is 10.6 Å². The molecule has 2 aromatic rings. The molecule has 3 aliphatic heterocycles. The summed E-state index contributed by atoms with van der Waals surface area (Å²) in [6, 6.07) is 0.740.